The molecule has 0 spiro atoms. The van der Waals surface area contributed by atoms with E-state index in [1.807, 2.05) is 0 Å². The minimum absolute atomic E-state index is 0.0218. The molecule has 0 saturated carbocycles. The van der Waals surface area contributed by atoms with Crippen LogP contribution >= 0.6 is 11.6 Å². The van der Waals surface area contributed by atoms with E-state index < -0.39 is 35.5 Å². The van der Waals surface area contributed by atoms with Crippen molar-refractivity contribution < 1.29 is 26.3 Å². The van der Waals surface area contributed by atoms with Crippen molar-refractivity contribution in [1.29, 1.82) is 0 Å². The van der Waals surface area contributed by atoms with E-state index in [9.17, 15) is 31.1 Å². The molecular weight excluding hydrogens is 464 g/mol. The maximum atomic E-state index is 14.7. The standard InChI is InChI=1S/C19H10ClF6N5O/c20-14-3-4-30(29-14)10-6-11(21)16(28-7-10)12-5-9-1-2-15(32)31(13(9)8-27-12)18(24)19(25,26)17(22)23/h1-8,17-18H. The molecule has 13 heteroatoms. The number of halogens is 7. The summed E-state index contributed by atoms with van der Waals surface area (Å²) in [6.07, 6.45) is -4.42. The first kappa shape index (κ1) is 21.8. The Morgan fingerprint density at radius 3 is 2.41 bits per heavy atom. The molecule has 0 aliphatic carbocycles. The Hall–Kier alpha value is -3.41. The number of hydrogen-bond acceptors (Lipinski definition) is 4. The molecule has 166 valence electrons. The topological polar surface area (TPSA) is 65.6 Å². The van der Waals surface area contributed by atoms with Gasteiger partial charge in [-0.25, -0.2) is 27.2 Å². The first-order valence-electron chi connectivity index (χ1n) is 8.78. The van der Waals surface area contributed by atoms with Crippen LogP contribution in [0.15, 0.2) is 53.7 Å². The van der Waals surface area contributed by atoms with Gasteiger partial charge in [0.2, 0.25) is 6.30 Å². The molecule has 0 saturated heterocycles. The summed E-state index contributed by atoms with van der Waals surface area (Å²) in [7, 11) is 0. The van der Waals surface area contributed by atoms with Crippen LogP contribution in [0.25, 0.3) is 28.0 Å². The number of nitrogens with zero attached hydrogens (tertiary/aromatic N) is 5. The van der Waals surface area contributed by atoms with Crippen molar-refractivity contribution in [2.45, 2.75) is 18.6 Å². The number of fused-ring (bicyclic) bond motifs is 1. The van der Waals surface area contributed by atoms with E-state index in [1.54, 1.807) is 0 Å². The Morgan fingerprint density at radius 2 is 1.78 bits per heavy atom. The van der Waals surface area contributed by atoms with Gasteiger partial charge in [-0.1, -0.05) is 11.6 Å². The number of alkyl halides is 5. The summed E-state index contributed by atoms with van der Waals surface area (Å²) in [6.45, 7) is 0. The molecule has 32 heavy (non-hydrogen) atoms. The zero-order valence-electron chi connectivity index (χ0n) is 15.6. The number of rotatable bonds is 5. The highest BCUT2D eigenvalue weighted by Crippen LogP contribution is 2.37. The van der Waals surface area contributed by atoms with Crippen molar-refractivity contribution in [3.8, 4) is 17.1 Å². The van der Waals surface area contributed by atoms with Crippen LogP contribution in [0.2, 0.25) is 5.15 Å². The first-order valence-corrected chi connectivity index (χ1v) is 9.16. The molecule has 4 rings (SSSR count). The second-order valence-electron chi connectivity index (χ2n) is 6.59. The summed E-state index contributed by atoms with van der Waals surface area (Å²) in [5.74, 6) is -5.93. The second kappa shape index (κ2) is 7.93. The lowest BCUT2D eigenvalue weighted by Gasteiger charge is -2.22. The molecule has 1 atom stereocenters. The maximum Gasteiger partial charge on any atom is 0.356 e. The zero-order valence-corrected chi connectivity index (χ0v) is 16.3. The summed E-state index contributed by atoms with van der Waals surface area (Å²) in [5, 5.41) is 4.07. The average molecular weight is 474 g/mol. The van der Waals surface area contributed by atoms with Crippen LogP contribution in [0.3, 0.4) is 0 Å². The molecule has 0 N–H and O–H groups in total. The van der Waals surface area contributed by atoms with Gasteiger partial charge in [-0.2, -0.15) is 13.9 Å². The van der Waals surface area contributed by atoms with Gasteiger partial charge in [0.25, 0.3) is 5.56 Å². The van der Waals surface area contributed by atoms with Crippen molar-refractivity contribution in [3.63, 3.8) is 0 Å². The van der Waals surface area contributed by atoms with Gasteiger partial charge >= 0.3 is 12.3 Å². The molecular formula is C19H10ClF6N5O. The van der Waals surface area contributed by atoms with Gasteiger partial charge < -0.3 is 0 Å². The van der Waals surface area contributed by atoms with Gasteiger partial charge in [-0.3, -0.25) is 14.3 Å². The third-order valence-corrected chi connectivity index (χ3v) is 4.74. The fourth-order valence-electron chi connectivity index (χ4n) is 2.99. The van der Waals surface area contributed by atoms with Crippen molar-refractivity contribution >= 4 is 22.5 Å². The van der Waals surface area contributed by atoms with E-state index in [0.717, 1.165) is 30.5 Å². The summed E-state index contributed by atoms with van der Waals surface area (Å²) in [6, 6.07) is 5.61. The Balaban J connectivity index is 1.78. The van der Waals surface area contributed by atoms with E-state index >= 15 is 0 Å². The largest absolute Gasteiger partial charge is 0.356 e. The molecule has 4 aromatic rings. The zero-order chi connectivity index (χ0) is 23.2. The predicted molar refractivity (Wildman–Crippen MR) is 102 cm³/mol. The highest BCUT2D eigenvalue weighted by Gasteiger charge is 2.51. The number of pyridine rings is 3. The molecule has 0 aliphatic rings. The van der Waals surface area contributed by atoms with Crippen LogP contribution in [0.4, 0.5) is 26.3 Å². The first-order chi connectivity index (χ1) is 15.1. The fourth-order valence-corrected chi connectivity index (χ4v) is 3.12. The molecule has 0 fully saturated rings. The highest BCUT2D eigenvalue weighted by molar-refractivity contribution is 6.29. The lowest BCUT2D eigenvalue weighted by molar-refractivity contribution is -0.191. The summed E-state index contributed by atoms with van der Waals surface area (Å²) in [4.78, 5) is 19.8. The third-order valence-electron chi connectivity index (χ3n) is 4.54. The molecule has 4 heterocycles. The van der Waals surface area contributed by atoms with Crippen LogP contribution in [0.5, 0.6) is 0 Å². The van der Waals surface area contributed by atoms with E-state index in [4.69, 9.17) is 11.6 Å². The Labute approximate surface area is 179 Å². The SMILES string of the molecule is O=c1ccc2cc(-c3ncc(-n4ccc(Cl)n4)cc3F)ncc2n1C(F)C(F)(F)C(F)F. The summed E-state index contributed by atoms with van der Waals surface area (Å²) in [5.41, 5.74) is -1.80. The van der Waals surface area contributed by atoms with Crippen molar-refractivity contribution in [3.05, 3.63) is 70.2 Å². The second-order valence-corrected chi connectivity index (χ2v) is 6.98. The summed E-state index contributed by atoms with van der Waals surface area (Å²) >= 11 is 5.73. The highest BCUT2D eigenvalue weighted by atomic mass is 35.5. The van der Waals surface area contributed by atoms with Crippen LogP contribution in [-0.4, -0.2) is 36.7 Å². The van der Waals surface area contributed by atoms with Crippen LogP contribution in [0, 0.1) is 5.82 Å². The molecule has 6 nitrogen and oxygen atoms in total. The van der Waals surface area contributed by atoms with Gasteiger partial charge in [-0.15, -0.1) is 0 Å². The quantitative estimate of drug-likeness (QED) is 0.390. The minimum Gasteiger partial charge on any atom is -0.270 e. The Bertz CT molecular complexity index is 1370. The van der Waals surface area contributed by atoms with Crippen molar-refractivity contribution in [2.24, 2.45) is 0 Å². The van der Waals surface area contributed by atoms with Gasteiger partial charge in [0, 0.05) is 23.7 Å². The van der Waals surface area contributed by atoms with Crippen LogP contribution in [0.1, 0.15) is 6.30 Å². The Kier molecular flexibility index (Phi) is 5.41. The lowest BCUT2D eigenvalue weighted by atomic mass is 10.1. The van der Waals surface area contributed by atoms with E-state index in [1.165, 1.54) is 23.1 Å². The fraction of sp³-hybridized carbons (Fsp3) is 0.158. The summed E-state index contributed by atoms with van der Waals surface area (Å²) < 4.78 is 82.3. The molecule has 1 unspecified atom stereocenters. The van der Waals surface area contributed by atoms with Crippen molar-refractivity contribution in [2.75, 3.05) is 0 Å². The van der Waals surface area contributed by atoms with Gasteiger partial charge in [0.1, 0.15) is 5.69 Å². The molecule has 4 aromatic heterocycles. The van der Waals surface area contributed by atoms with Crippen LogP contribution in [-0.2, 0) is 0 Å². The average Bonchev–Trinajstić information content (AvgIpc) is 3.19. The molecule has 0 aromatic carbocycles. The monoisotopic (exact) mass is 473 g/mol. The van der Waals surface area contributed by atoms with Crippen molar-refractivity contribution in [1.82, 2.24) is 24.3 Å². The van der Waals surface area contributed by atoms with Gasteiger partial charge in [0.05, 0.1) is 29.3 Å². The molecule has 0 amide bonds. The lowest BCUT2D eigenvalue weighted by Crippen LogP contribution is -2.39. The third kappa shape index (κ3) is 3.70. The Morgan fingerprint density at radius 1 is 1.03 bits per heavy atom. The molecule has 0 bridgehead atoms. The van der Waals surface area contributed by atoms with Crippen LogP contribution < -0.4 is 5.56 Å². The molecule has 0 aliphatic heterocycles. The maximum absolute atomic E-state index is 14.7. The van der Waals surface area contributed by atoms with E-state index in [2.05, 4.69) is 15.1 Å². The molecule has 0 radical (unpaired) electrons. The number of hydrogen-bond donors (Lipinski definition) is 0. The minimum atomic E-state index is -5.12. The van der Waals surface area contributed by atoms with E-state index in [-0.39, 0.29) is 32.2 Å². The smallest absolute Gasteiger partial charge is 0.270 e. The van der Waals surface area contributed by atoms with E-state index in [0.29, 0.717) is 0 Å². The van der Waals surface area contributed by atoms with Gasteiger partial charge in [-0.05, 0) is 18.2 Å². The predicted octanol–water partition coefficient (Wildman–Crippen LogP) is 4.81. The normalized spacial score (nSPS) is 13.1. The number of aromatic nitrogens is 5. The van der Waals surface area contributed by atoms with Gasteiger partial charge in [0.15, 0.2) is 11.0 Å².